The first-order valence-electron chi connectivity index (χ1n) is 12.1. The molecule has 2 saturated heterocycles. The Morgan fingerprint density at radius 2 is 2.00 bits per heavy atom. The minimum atomic E-state index is 0.359. The fourth-order valence-electron chi connectivity index (χ4n) is 6.44. The number of nitrogens with one attached hydrogen (secondary N) is 2. The molecule has 164 valence electrons. The lowest BCUT2D eigenvalue weighted by atomic mass is 9.54. The van der Waals surface area contributed by atoms with Crippen molar-refractivity contribution in [2.45, 2.75) is 77.0 Å². The van der Waals surface area contributed by atoms with Crippen LogP contribution in [0.4, 0.5) is 5.82 Å². The Kier molecular flexibility index (Phi) is 5.61. The van der Waals surface area contributed by atoms with Crippen LogP contribution in [-0.2, 0) is 4.74 Å². The highest BCUT2D eigenvalue weighted by Gasteiger charge is 2.65. The van der Waals surface area contributed by atoms with Gasteiger partial charge in [-0.3, -0.25) is 4.99 Å². The maximum atomic E-state index is 6.16. The molecule has 0 bridgehead atoms. The SMILES string of the molecule is CCN=C(NC1CCN(c2ccc(C)cn2)CC1)NC1C2CCOC2C12CCCC2. The third-order valence-electron chi connectivity index (χ3n) is 7.95. The van der Waals surface area contributed by atoms with Gasteiger partial charge in [0.05, 0.1) is 6.10 Å². The zero-order valence-corrected chi connectivity index (χ0v) is 18.6. The number of nitrogens with zero attached hydrogens (tertiary/aromatic N) is 3. The number of hydrogen-bond acceptors (Lipinski definition) is 4. The van der Waals surface area contributed by atoms with Crippen molar-refractivity contribution in [3.05, 3.63) is 23.9 Å². The second-order valence-corrected chi connectivity index (χ2v) is 9.73. The van der Waals surface area contributed by atoms with Crippen LogP contribution in [0, 0.1) is 18.3 Å². The Bertz CT molecular complexity index is 749. The summed E-state index contributed by atoms with van der Waals surface area (Å²) in [6, 6.07) is 5.30. The Labute approximate surface area is 180 Å². The summed E-state index contributed by atoms with van der Waals surface area (Å²) in [5, 5.41) is 7.66. The van der Waals surface area contributed by atoms with E-state index in [1.165, 1.54) is 37.7 Å². The molecule has 6 heteroatoms. The first-order valence-corrected chi connectivity index (χ1v) is 12.1. The molecular formula is C24H37N5O. The lowest BCUT2D eigenvalue weighted by molar-refractivity contribution is -0.125. The van der Waals surface area contributed by atoms with Crippen LogP contribution in [0.25, 0.3) is 0 Å². The Morgan fingerprint density at radius 1 is 1.20 bits per heavy atom. The van der Waals surface area contributed by atoms with E-state index in [-0.39, 0.29) is 0 Å². The van der Waals surface area contributed by atoms with E-state index in [1.54, 1.807) is 0 Å². The number of aliphatic imine (C=N–C) groups is 1. The summed E-state index contributed by atoms with van der Waals surface area (Å²) >= 11 is 0. The number of aromatic nitrogens is 1. The molecule has 3 atom stereocenters. The highest BCUT2D eigenvalue weighted by Crippen LogP contribution is 2.60. The van der Waals surface area contributed by atoms with Gasteiger partial charge in [0.25, 0.3) is 0 Å². The van der Waals surface area contributed by atoms with E-state index < -0.39 is 0 Å². The molecule has 0 aromatic carbocycles. The number of anilines is 1. The molecule has 2 aliphatic heterocycles. The van der Waals surface area contributed by atoms with E-state index >= 15 is 0 Å². The van der Waals surface area contributed by atoms with Crippen LogP contribution in [0.3, 0.4) is 0 Å². The Balaban J connectivity index is 1.19. The molecule has 6 nitrogen and oxygen atoms in total. The Hall–Kier alpha value is -1.82. The van der Waals surface area contributed by atoms with Crippen molar-refractivity contribution in [3.8, 4) is 0 Å². The molecule has 4 aliphatic rings. The molecule has 2 aliphatic carbocycles. The van der Waals surface area contributed by atoms with Crippen molar-refractivity contribution in [1.29, 1.82) is 0 Å². The standard InChI is InChI=1S/C24H37N5O/c1-3-25-23(28-21-19-10-15-30-22(19)24(21)11-4-5-12-24)27-18-8-13-29(14-9-18)20-7-6-17(2)16-26-20/h6-7,16,18-19,21-22H,3-5,8-15H2,1-2H3,(H2,25,27,28). The fraction of sp³-hybridized carbons (Fsp3) is 0.750. The fourth-order valence-corrected chi connectivity index (χ4v) is 6.44. The maximum Gasteiger partial charge on any atom is 0.191 e. The lowest BCUT2D eigenvalue weighted by Gasteiger charge is -2.57. The van der Waals surface area contributed by atoms with Gasteiger partial charge in [0.1, 0.15) is 5.82 Å². The molecule has 3 heterocycles. The molecule has 30 heavy (non-hydrogen) atoms. The number of fused-ring (bicyclic) bond motifs is 2. The molecule has 0 amide bonds. The molecule has 4 fully saturated rings. The second-order valence-electron chi connectivity index (χ2n) is 9.73. The van der Waals surface area contributed by atoms with Crippen LogP contribution in [-0.4, -0.2) is 55.4 Å². The van der Waals surface area contributed by atoms with E-state index in [9.17, 15) is 0 Å². The smallest absolute Gasteiger partial charge is 0.191 e. The summed E-state index contributed by atoms with van der Waals surface area (Å²) in [5.41, 5.74) is 1.57. The monoisotopic (exact) mass is 411 g/mol. The highest BCUT2D eigenvalue weighted by molar-refractivity contribution is 5.81. The van der Waals surface area contributed by atoms with Crippen LogP contribution in [0.5, 0.6) is 0 Å². The summed E-state index contributed by atoms with van der Waals surface area (Å²) in [6.07, 6.45) is 11.2. The predicted molar refractivity (Wildman–Crippen MR) is 121 cm³/mol. The first kappa shape index (κ1) is 20.1. The second kappa shape index (κ2) is 8.37. The molecule has 5 rings (SSSR count). The van der Waals surface area contributed by atoms with Gasteiger partial charge in [0, 0.05) is 55.9 Å². The lowest BCUT2D eigenvalue weighted by Crippen LogP contribution is -2.69. The molecule has 0 radical (unpaired) electrons. The van der Waals surface area contributed by atoms with E-state index in [0.717, 1.165) is 50.9 Å². The number of ether oxygens (including phenoxy) is 1. The van der Waals surface area contributed by atoms with Gasteiger partial charge in [-0.1, -0.05) is 18.9 Å². The zero-order valence-electron chi connectivity index (χ0n) is 18.6. The molecule has 1 spiro atoms. The summed E-state index contributed by atoms with van der Waals surface area (Å²) in [5.74, 6) is 2.79. The molecule has 2 saturated carbocycles. The number of piperidine rings is 1. The molecule has 3 unspecified atom stereocenters. The number of hydrogen-bond donors (Lipinski definition) is 2. The average molecular weight is 412 g/mol. The number of rotatable bonds is 4. The van der Waals surface area contributed by atoms with Gasteiger partial charge < -0.3 is 20.3 Å². The minimum absolute atomic E-state index is 0.359. The summed E-state index contributed by atoms with van der Waals surface area (Å²) in [4.78, 5) is 11.8. The van der Waals surface area contributed by atoms with Gasteiger partial charge in [-0.25, -0.2) is 4.98 Å². The van der Waals surface area contributed by atoms with Crippen LogP contribution in [0.1, 0.15) is 57.4 Å². The molecule has 1 aromatic rings. The van der Waals surface area contributed by atoms with Gasteiger partial charge in [0.2, 0.25) is 0 Å². The van der Waals surface area contributed by atoms with Gasteiger partial charge >= 0.3 is 0 Å². The highest BCUT2D eigenvalue weighted by atomic mass is 16.5. The zero-order chi connectivity index (χ0) is 20.6. The predicted octanol–water partition coefficient (Wildman–Crippen LogP) is 3.26. The summed E-state index contributed by atoms with van der Waals surface area (Å²) < 4.78 is 6.16. The third kappa shape index (κ3) is 3.57. The van der Waals surface area contributed by atoms with Crippen molar-refractivity contribution >= 4 is 11.8 Å². The van der Waals surface area contributed by atoms with Crippen molar-refractivity contribution < 1.29 is 4.74 Å². The van der Waals surface area contributed by atoms with Crippen LogP contribution in [0.15, 0.2) is 23.3 Å². The molecular weight excluding hydrogens is 374 g/mol. The van der Waals surface area contributed by atoms with Crippen LogP contribution < -0.4 is 15.5 Å². The van der Waals surface area contributed by atoms with Crippen molar-refractivity contribution in [1.82, 2.24) is 15.6 Å². The Morgan fingerprint density at radius 3 is 2.70 bits per heavy atom. The van der Waals surface area contributed by atoms with Gasteiger partial charge in [-0.05, 0) is 57.6 Å². The largest absolute Gasteiger partial charge is 0.377 e. The van der Waals surface area contributed by atoms with E-state index in [0.29, 0.717) is 29.5 Å². The summed E-state index contributed by atoms with van der Waals surface area (Å²) in [6.45, 7) is 8.05. The minimum Gasteiger partial charge on any atom is -0.377 e. The van der Waals surface area contributed by atoms with Crippen molar-refractivity contribution in [2.75, 3.05) is 31.1 Å². The summed E-state index contributed by atoms with van der Waals surface area (Å²) in [7, 11) is 0. The first-order chi connectivity index (χ1) is 14.7. The van der Waals surface area contributed by atoms with Crippen LogP contribution >= 0.6 is 0 Å². The average Bonchev–Trinajstić information content (AvgIpc) is 3.42. The van der Waals surface area contributed by atoms with Crippen LogP contribution in [0.2, 0.25) is 0 Å². The quantitative estimate of drug-likeness (QED) is 0.588. The van der Waals surface area contributed by atoms with Gasteiger partial charge in [0.15, 0.2) is 5.96 Å². The van der Waals surface area contributed by atoms with E-state index in [1.807, 2.05) is 6.20 Å². The number of guanidine groups is 1. The maximum absolute atomic E-state index is 6.16. The number of aryl methyl sites for hydroxylation is 1. The van der Waals surface area contributed by atoms with Gasteiger partial charge in [-0.15, -0.1) is 0 Å². The topological polar surface area (TPSA) is 61.8 Å². The molecule has 1 aromatic heterocycles. The molecule has 2 N–H and O–H groups in total. The van der Waals surface area contributed by atoms with E-state index in [2.05, 4.69) is 46.5 Å². The number of pyridine rings is 1. The van der Waals surface area contributed by atoms with Gasteiger partial charge in [-0.2, -0.15) is 0 Å². The normalized spacial score (nSPS) is 30.9. The van der Waals surface area contributed by atoms with E-state index in [4.69, 9.17) is 9.73 Å². The van der Waals surface area contributed by atoms with Crippen molar-refractivity contribution in [3.63, 3.8) is 0 Å². The van der Waals surface area contributed by atoms with Crippen molar-refractivity contribution in [2.24, 2.45) is 16.3 Å². The third-order valence-corrected chi connectivity index (χ3v) is 7.95.